The number of rotatable bonds is 36. The Hall–Kier alpha value is -8.33. The fourth-order valence-corrected chi connectivity index (χ4v) is 14.1. The molecule has 38 heteroatoms. The van der Waals surface area contributed by atoms with Crippen molar-refractivity contribution in [2.45, 2.75) is 199 Å². The van der Waals surface area contributed by atoms with Gasteiger partial charge in [0, 0.05) is 67.2 Å². The molecule has 0 radical (unpaired) electrons. The van der Waals surface area contributed by atoms with Crippen molar-refractivity contribution in [2.75, 3.05) is 208 Å². The first kappa shape index (κ1) is 108. The zero-order valence-corrected chi connectivity index (χ0v) is 75.7. The summed E-state index contributed by atoms with van der Waals surface area (Å²) in [7, 11) is 17.6. The van der Waals surface area contributed by atoms with Crippen LogP contribution in [0.2, 0.25) is 0 Å². The topological polar surface area (TPSA) is 385 Å². The molecule has 124 heavy (non-hydrogen) atoms. The van der Waals surface area contributed by atoms with Crippen molar-refractivity contribution in [1.29, 1.82) is 0 Å². The van der Waals surface area contributed by atoms with E-state index in [1.165, 1.54) is 34.6 Å². The van der Waals surface area contributed by atoms with Crippen LogP contribution in [-0.2, 0) is 147 Å². The third-order valence-corrected chi connectivity index (χ3v) is 20.8. The SMILES string of the molecule is C#CC[N+](C)(C)CC(=C)C(=O)O[C@@H]1CO[C@H]2[C@@H]1OC[C@@H]2C.C#CC[N+](C)(C)CC(=C)C(=O)O[C@H]1CO[C@H]2[C@@H]1OC[C@H]2O.C#CC[N+](C)(C)CCO[C@H]1CO[C@H]2[C@@H]1OC[C@H]2C.C#CC[N+](C)(CF)CCO[C@@H]1O[C@H](COC(C)=O)[C@@H](OC(C)=O)[C@H](OC(C)=O)[C@H]1OC(C)=O.CC[N+](C)(C)CCO[C@@H]1O[C@H](COC(C)=O)[C@@H](OC(C)=O)[C@H](OC(C)=O)[C@H]1OC(C)=O. The Morgan fingerprint density at radius 1 is 0.395 bits per heavy atom. The highest BCUT2D eigenvalue weighted by Crippen LogP contribution is 2.36. The Bertz CT molecular complexity index is 3650. The summed E-state index contributed by atoms with van der Waals surface area (Å²) >= 11 is 0. The molecule has 1 unspecified atom stereocenters. The summed E-state index contributed by atoms with van der Waals surface area (Å²) in [5.74, 6) is 4.75. The van der Waals surface area contributed by atoms with Gasteiger partial charge in [0.15, 0.2) is 61.4 Å². The number of halogens is 1. The Morgan fingerprint density at radius 3 is 1.10 bits per heavy atom. The van der Waals surface area contributed by atoms with Crippen LogP contribution in [0.25, 0.3) is 0 Å². The number of alkyl halides is 1. The predicted molar refractivity (Wildman–Crippen MR) is 437 cm³/mol. The second-order valence-corrected chi connectivity index (χ2v) is 34.4. The van der Waals surface area contributed by atoms with Gasteiger partial charge in [-0.25, -0.2) is 9.59 Å². The number of hydrogen-bond donors (Lipinski definition) is 1. The van der Waals surface area contributed by atoms with E-state index < -0.39 is 152 Å². The zero-order chi connectivity index (χ0) is 93.4. The van der Waals surface area contributed by atoms with Crippen molar-refractivity contribution in [3.8, 4) is 49.4 Å². The van der Waals surface area contributed by atoms with Gasteiger partial charge >= 0.3 is 59.7 Å². The predicted octanol–water partition coefficient (Wildman–Crippen LogP) is 0.710. The summed E-state index contributed by atoms with van der Waals surface area (Å²) in [5, 5.41) is 9.64. The van der Waals surface area contributed by atoms with Gasteiger partial charge in [0.05, 0.1) is 153 Å². The van der Waals surface area contributed by atoms with Crippen molar-refractivity contribution >= 4 is 59.7 Å². The highest BCUT2D eigenvalue weighted by atomic mass is 19.1. The standard InChI is InChI=1S/C21H31FNO10.C20H34NO10.C16H24NO4.C15H22NO5.C14H24NO3/c1-7-8-23(6,12-22)9-10-28-21-20(32-16(5)27)19(31-15(4)26)18(30-14(3)25)17(33-21)11-29-13(2)24;1-8-21(6,7)9-10-26-20-19(30-15(5)25)18(29-14(4)24)17(28-13(3)23)16(31-20)11-27-12(2)22;1-6-7-17(4,5)8-11(2)16(18)21-13-10-20-14-12(3)9-19-15(13)14;1-5-6-16(3,4)7-10(2)15(18)21-12-9-20-13-11(17)8-19-14(12)13;1-5-6-15(3,4)7-8-16-12-10-18-13-11(2)9-17-14(12)13/h1,17-21H,8-12H2,2-6H3;16-20H,8-11H2,1-7H3;1,12-15H,2,7-10H2,3-5H3;1,11-14,17H,2,6-9H2,3-4H3;1,11-14H,6-10H2,2-4H3/q5*+1/t17-,18-,19+,20-,21-,23?;16-,17-,18+,19-,20-;12-,13+,14+,15+;2*11-,12+,13-,14-/m11011/s1. The van der Waals surface area contributed by atoms with Gasteiger partial charge in [-0.3, -0.25) is 42.8 Å². The van der Waals surface area contributed by atoms with Gasteiger partial charge < -0.3 is 123 Å². The van der Waals surface area contributed by atoms with E-state index in [1.54, 1.807) is 7.05 Å². The van der Waals surface area contributed by atoms with Crippen molar-refractivity contribution in [3.63, 3.8) is 0 Å². The van der Waals surface area contributed by atoms with E-state index in [-0.39, 0.29) is 93.8 Å². The molecule has 23 atom stereocenters. The van der Waals surface area contributed by atoms with Crippen LogP contribution in [0.3, 0.4) is 0 Å². The molecule has 8 aliphatic heterocycles. The molecule has 0 bridgehead atoms. The molecule has 0 aromatic rings. The van der Waals surface area contributed by atoms with Crippen molar-refractivity contribution in [2.24, 2.45) is 11.8 Å². The Balaban J connectivity index is 0.000000331. The number of terminal acetylenes is 4. The summed E-state index contributed by atoms with van der Waals surface area (Å²) < 4.78 is 131. The molecule has 0 amide bonds. The van der Waals surface area contributed by atoms with E-state index in [9.17, 15) is 57.4 Å². The Labute approximate surface area is 728 Å². The van der Waals surface area contributed by atoms with Crippen LogP contribution in [0.4, 0.5) is 4.39 Å². The summed E-state index contributed by atoms with van der Waals surface area (Å²) in [6.07, 6.45) is 7.15. The second kappa shape index (κ2) is 50.9. The fourth-order valence-electron chi connectivity index (χ4n) is 14.1. The molecule has 0 aromatic carbocycles. The van der Waals surface area contributed by atoms with E-state index >= 15 is 0 Å². The van der Waals surface area contributed by atoms with Crippen molar-refractivity contribution in [3.05, 3.63) is 24.3 Å². The smallest absolute Gasteiger partial charge is 0.339 e. The number of aliphatic hydroxyl groups is 1. The summed E-state index contributed by atoms with van der Waals surface area (Å²) in [6, 6.07) is 0. The summed E-state index contributed by atoms with van der Waals surface area (Å²) in [6.45, 7) is 30.8. The number of ether oxygens (including phenoxy) is 21. The first-order valence-electron chi connectivity index (χ1n) is 41.0. The van der Waals surface area contributed by atoms with Crippen LogP contribution in [0, 0.1) is 61.2 Å². The molecule has 0 aliphatic carbocycles. The molecular formula is C86H135FN5O32+5. The largest absolute Gasteiger partial charge is 0.463 e. The highest BCUT2D eigenvalue weighted by Gasteiger charge is 2.56. The monoisotopic (exact) mass is 1770 g/mol. The lowest BCUT2D eigenvalue weighted by molar-refractivity contribution is -0.915. The highest BCUT2D eigenvalue weighted by molar-refractivity contribution is 5.88. The fraction of sp³-hybridized carbons (Fsp3) is 0.744. The molecule has 8 aliphatic rings. The second-order valence-electron chi connectivity index (χ2n) is 34.4. The van der Waals surface area contributed by atoms with Gasteiger partial charge in [0.25, 0.3) is 0 Å². The van der Waals surface area contributed by atoms with Gasteiger partial charge in [-0.2, -0.15) is 4.39 Å². The van der Waals surface area contributed by atoms with Crippen LogP contribution in [0.1, 0.15) is 76.2 Å². The lowest BCUT2D eigenvalue weighted by atomic mass is 9.98. The number of quaternary nitrogens is 5. The van der Waals surface area contributed by atoms with E-state index in [2.05, 4.69) is 64.8 Å². The maximum Gasteiger partial charge on any atom is 0.339 e. The van der Waals surface area contributed by atoms with Gasteiger partial charge in [-0.1, -0.05) is 27.0 Å². The molecule has 0 saturated carbocycles. The first-order valence-corrected chi connectivity index (χ1v) is 41.0. The minimum Gasteiger partial charge on any atom is -0.463 e. The minimum atomic E-state index is -1.33. The normalized spacial score (nSPS) is 29.3. The van der Waals surface area contributed by atoms with Gasteiger partial charge in [0.2, 0.25) is 6.80 Å². The van der Waals surface area contributed by atoms with E-state index in [4.69, 9.17) is 125 Å². The van der Waals surface area contributed by atoms with Crippen molar-refractivity contribution in [1.82, 2.24) is 0 Å². The molecule has 8 heterocycles. The number of carbonyl (C=O) groups excluding carboxylic acids is 10. The number of carbonyl (C=O) groups is 10. The van der Waals surface area contributed by atoms with Crippen LogP contribution >= 0.6 is 0 Å². The molecule has 698 valence electrons. The lowest BCUT2D eigenvalue weighted by Gasteiger charge is -2.44. The van der Waals surface area contributed by atoms with Crippen LogP contribution in [0.5, 0.6) is 0 Å². The molecule has 8 saturated heterocycles. The molecule has 0 aromatic heterocycles. The van der Waals surface area contributed by atoms with E-state index in [1.807, 2.05) is 49.2 Å². The molecule has 1 N–H and O–H groups in total. The van der Waals surface area contributed by atoms with Crippen LogP contribution in [-0.4, -0.2) is 418 Å². The van der Waals surface area contributed by atoms with Crippen LogP contribution < -0.4 is 0 Å². The lowest BCUT2D eigenvalue weighted by Crippen LogP contribution is -2.63. The quantitative estimate of drug-likeness (QED) is 0.0225. The number of likely N-dealkylation sites (N-methyl/N-ethyl adjacent to an activating group) is 5. The van der Waals surface area contributed by atoms with Gasteiger partial charge in [-0.15, -0.1) is 25.7 Å². The average Bonchev–Trinajstić information content (AvgIpc) is 1.60. The maximum absolute atomic E-state index is 13.4. The average molecular weight is 1770 g/mol. The minimum absolute atomic E-state index is 0.0322. The zero-order valence-electron chi connectivity index (χ0n) is 75.7. The molecule has 8 fully saturated rings. The number of nitrogens with zero attached hydrogens (tertiary/aromatic N) is 5. The number of aliphatic hydroxyl groups excluding tert-OH is 1. The molecular weight excluding hydrogens is 1630 g/mol. The summed E-state index contributed by atoms with van der Waals surface area (Å²) in [4.78, 5) is 117. The van der Waals surface area contributed by atoms with E-state index in [0.717, 1.165) is 51.5 Å². The first-order chi connectivity index (χ1) is 58.0. The third kappa shape index (κ3) is 35.8. The van der Waals surface area contributed by atoms with E-state index in [0.29, 0.717) is 95.6 Å². The third-order valence-electron chi connectivity index (χ3n) is 20.8. The molecule has 0 spiro atoms. The van der Waals surface area contributed by atoms with Gasteiger partial charge in [0.1, 0.15) is 121 Å². The number of esters is 10. The Morgan fingerprint density at radius 2 is 0.718 bits per heavy atom. The van der Waals surface area contributed by atoms with Gasteiger partial charge in [-0.05, 0) is 30.6 Å². The Kier molecular flexibility index (Phi) is 44.3. The number of hydrogen-bond acceptors (Lipinski definition) is 32. The van der Waals surface area contributed by atoms with Crippen molar-refractivity contribution < 1.29 is 179 Å². The molecule has 8 rings (SSSR count). The van der Waals surface area contributed by atoms with Crippen LogP contribution in [0.15, 0.2) is 24.3 Å². The maximum atomic E-state index is 13.4. The number of fused-ring (bicyclic) bond motifs is 3. The summed E-state index contributed by atoms with van der Waals surface area (Å²) in [5.41, 5.74) is 0.780. The molecule has 37 nitrogen and oxygen atoms in total.